The number of benzene rings is 2. The summed E-state index contributed by atoms with van der Waals surface area (Å²) in [7, 11) is -3.23. The number of carbonyl (C=O) groups is 1. The quantitative estimate of drug-likeness (QED) is 0.641. The first-order valence-electron chi connectivity index (χ1n) is 9.55. The molecule has 3 aromatic rings. The number of amides is 1. The molecule has 0 spiro atoms. The lowest BCUT2D eigenvalue weighted by Gasteiger charge is -2.28. The van der Waals surface area contributed by atoms with Gasteiger partial charge in [-0.1, -0.05) is 30.3 Å². The predicted molar refractivity (Wildman–Crippen MR) is 117 cm³/mol. The zero-order valence-corrected chi connectivity index (χ0v) is 17.3. The molecule has 0 saturated carbocycles. The molecule has 30 heavy (non-hydrogen) atoms. The van der Waals surface area contributed by atoms with Crippen molar-refractivity contribution in [3.8, 4) is 5.69 Å². The maximum absolute atomic E-state index is 12.4. The van der Waals surface area contributed by atoms with Gasteiger partial charge in [-0.25, -0.2) is 13.1 Å². The van der Waals surface area contributed by atoms with Crippen LogP contribution in [0.1, 0.15) is 16.7 Å². The van der Waals surface area contributed by atoms with E-state index in [1.165, 1.54) is 16.6 Å². The van der Waals surface area contributed by atoms with Gasteiger partial charge >= 0.3 is 0 Å². The van der Waals surface area contributed by atoms with E-state index in [-0.39, 0.29) is 5.91 Å². The molecule has 2 heterocycles. The van der Waals surface area contributed by atoms with Crippen LogP contribution >= 0.6 is 0 Å². The van der Waals surface area contributed by atoms with Crippen LogP contribution in [0.2, 0.25) is 0 Å². The van der Waals surface area contributed by atoms with Crippen LogP contribution in [0.15, 0.2) is 67.0 Å². The Balaban J connectivity index is 1.45. The van der Waals surface area contributed by atoms with Gasteiger partial charge in [0.15, 0.2) is 0 Å². The number of rotatable bonds is 5. The fourth-order valence-electron chi connectivity index (χ4n) is 3.47. The number of nitrogens with one attached hydrogen (secondary N) is 1. The van der Waals surface area contributed by atoms with Gasteiger partial charge in [0.25, 0.3) is 0 Å². The van der Waals surface area contributed by atoms with E-state index in [0.717, 1.165) is 28.1 Å². The van der Waals surface area contributed by atoms with E-state index < -0.39 is 10.0 Å². The lowest BCUT2D eigenvalue weighted by molar-refractivity contribution is -0.111. The molecule has 7 nitrogen and oxygen atoms in total. The third-order valence-electron chi connectivity index (χ3n) is 5.01. The number of aromatic nitrogens is 2. The van der Waals surface area contributed by atoms with Gasteiger partial charge in [-0.2, -0.15) is 9.40 Å². The number of hydrogen-bond donors (Lipinski definition) is 1. The number of nitrogens with zero attached hydrogens (tertiary/aromatic N) is 3. The van der Waals surface area contributed by atoms with Crippen LogP contribution < -0.4 is 5.32 Å². The van der Waals surface area contributed by atoms with Gasteiger partial charge in [-0.3, -0.25) is 4.79 Å². The molecule has 1 aliphatic heterocycles. The molecule has 0 saturated heterocycles. The SMILES string of the molecule is CS(=O)(=O)N1CCc2c(cccc2NC(=O)C=Cc2cnn(-c3ccccc3)c2)C1. The first kappa shape index (κ1) is 20.1. The first-order chi connectivity index (χ1) is 14.4. The highest BCUT2D eigenvalue weighted by atomic mass is 32.2. The highest BCUT2D eigenvalue weighted by Gasteiger charge is 2.24. The maximum Gasteiger partial charge on any atom is 0.248 e. The summed E-state index contributed by atoms with van der Waals surface area (Å²) in [6, 6.07) is 15.3. The summed E-state index contributed by atoms with van der Waals surface area (Å²) in [5, 5.41) is 7.22. The van der Waals surface area contributed by atoms with Crippen LogP contribution in [-0.4, -0.2) is 41.2 Å². The summed E-state index contributed by atoms with van der Waals surface area (Å²) in [4.78, 5) is 12.4. The summed E-state index contributed by atoms with van der Waals surface area (Å²) in [6.45, 7) is 0.736. The number of anilines is 1. The number of sulfonamides is 1. The predicted octanol–water partition coefficient (Wildman–Crippen LogP) is 2.84. The summed E-state index contributed by atoms with van der Waals surface area (Å²) in [5.41, 5.74) is 4.37. The highest BCUT2D eigenvalue weighted by Crippen LogP contribution is 2.27. The minimum Gasteiger partial charge on any atom is -0.322 e. The second-order valence-electron chi connectivity index (χ2n) is 7.17. The summed E-state index contributed by atoms with van der Waals surface area (Å²) < 4.78 is 26.8. The van der Waals surface area contributed by atoms with Gasteiger partial charge < -0.3 is 5.32 Å². The average molecular weight is 423 g/mol. The first-order valence-corrected chi connectivity index (χ1v) is 11.4. The van der Waals surface area contributed by atoms with Crippen molar-refractivity contribution in [1.82, 2.24) is 14.1 Å². The molecule has 1 aliphatic rings. The van der Waals surface area contributed by atoms with E-state index in [1.54, 1.807) is 17.0 Å². The largest absolute Gasteiger partial charge is 0.322 e. The Bertz CT molecular complexity index is 1200. The van der Waals surface area contributed by atoms with Gasteiger partial charge in [0.2, 0.25) is 15.9 Å². The van der Waals surface area contributed by atoms with Crippen LogP contribution in [0.3, 0.4) is 0 Å². The van der Waals surface area contributed by atoms with Crippen LogP contribution in [0.5, 0.6) is 0 Å². The maximum atomic E-state index is 12.4. The second-order valence-corrected chi connectivity index (χ2v) is 9.15. The molecule has 154 valence electrons. The summed E-state index contributed by atoms with van der Waals surface area (Å²) in [5.74, 6) is -0.249. The highest BCUT2D eigenvalue weighted by molar-refractivity contribution is 7.88. The van der Waals surface area contributed by atoms with Gasteiger partial charge in [-0.05, 0) is 41.8 Å². The molecular formula is C22H22N4O3S. The van der Waals surface area contributed by atoms with E-state index in [1.807, 2.05) is 54.7 Å². The third-order valence-corrected chi connectivity index (χ3v) is 6.26. The lowest BCUT2D eigenvalue weighted by atomic mass is 9.99. The molecule has 0 radical (unpaired) electrons. The Labute approximate surface area is 175 Å². The Morgan fingerprint density at radius 3 is 2.70 bits per heavy atom. The molecular weight excluding hydrogens is 400 g/mol. The molecule has 2 aromatic carbocycles. The van der Waals surface area contributed by atoms with Crippen LogP contribution in [0.4, 0.5) is 5.69 Å². The molecule has 8 heteroatoms. The van der Waals surface area contributed by atoms with Crippen LogP contribution in [0, 0.1) is 0 Å². The van der Waals surface area contributed by atoms with Crippen molar-refractivity contribution in [2.75, 3.05) is 18.1 Å². The minimum atomic E-state index is -3.23. The zero-order valence-electron chi connectivity index (χ0n) is 16.5. The number of para-hydroxylation sites is 1. The van der Waals surface area contributed by atoms with Crippen molar-refractivity contribution >= 4 is 27.7 Å². The topological polar surface area (TPSA) is 84.3 Å². The van der Waals surface area contributed by atoms with E-state index in [0.29, 0.717) is 19.5 Å². The Morgan fingerprint density at radius 2 is 1.93 bits per heavy atom. The number of hydrogen-bond acceptors (Lipinski definition) is 4. The van der Waals surface area contributed by atoms with E-state index >= 15 is 0 Å². The van der Waals surface area contributed by atoms with Gasteiger partial charge in [0.1, 0.15) is 0 Å². The van der Waals surface area contributed by atoms with E-state index in [2.05, 4.69) is 10.4 Å². The fraction of sp³-hybridized carbons (Fsp3) is 0.182. The van der Waals surface area contributed by atoms with Crippen molar-refractivity contribution in [1.29, 1.82) is 0 Å². The number of fused-ring (bicyclic) bond motifs is 1. The monoisotopic (exact) mass is 422 g/mol. The Kier molecular flexibility index (Phi) is 5.52. The van der Waals surface area contributed by atoms with Crippen molar-refractivity contribution in [3.05, 3.63) is 83.7 Å². The molecule has 0 bridgehead atoms. The lowest BCUT2D eigenvalue weighted by Crippen LogP contribution is -2.35. The standard InChI is InChI=1S/C22H22N4O3S/c1-30(28,29)25-13-12-20-18(16-25)6-5-9-21(20)24-22(27)11-10-17-14-23-26(15-17)19-7-3-2-4-8-19/h2-11,14-15H,12-13,16H2,1H3,(H,24,27). The van der Waals surface area contributed by atoms with E-state index in [4.69, 9.17) is 0 Å². The van der Waals surface area contributed by atoms with Gasteiger partial charge in [0, 0.05) is 36.6 Å². The third kappa shape index (κ3) is 4.50. The van der Waals surface area contributed by atoms with Crippen molar-refractivity contribution in [3.63, 3.8) is 0 Å². The normalized spacial score (nSPS) is 14.6. The van der Waals surface area contributed by atoms with Crippen LogP contribution in [0.25, 0.3) is 11.8 Å². The molecule has 0 unspecified atom stereocenters. The molecule has 1 amide bonds. The molecule has 4 rings (SSSR count). The molecule has 1 aromatic heterocycles. The molecule has 0 atom stereocenters. The summed E-state index contributed by atoms with van der Waals surface area (Å²) >= 11 is 0. The molecule has 0 fully saturated rings. The van der Waals surface area contributed by atoms with Crippen molar-refractivity contribution in [2.45, 2.75) is 13.0 Å². The Morgan fingerprint density at radius 1 is 1.13 bits per heavy atom. The molecule has 1 N–H and O–H groups in total. The zero-order chi connectivity index (χ0) is 21.1. The molecule has 0 aliphatic carbocycles. The summed E-state index contributed by atoms with van der Waals surface area (Å²) in [6.07, 6.45) is 8.50. The van der Waals surface area contributed by atoms with Gasteiger partial charge in [0.05, 0.1) is 18.1 Å². The smallest absolute Gasteiger partial charge is 0.248 e. The van der Waals surface area contributed by atoms with Crippen LogP contribution in [-0.2, 0) is 27.8 Å². The second kappa shape index (κ2) is 8.25. The minimum absolute atomic E-state index is 0.249. The van der Waals surface area contributed by atoms with Gasteiger partial charge in [-0.15, -0.1) is 0 Å². The van der Waals surface area contributed by atoms with Crippen molar-refractivity contribution < 1.29 is 13.2 Å². The fourth-order valence-corrected chi connectivity index (χ4v) is 4.27. The van der Waals surface area contributed by atoms with Crippen molar-refractivity contribution in [2.24, 2.45) is 0 Å². The number of carbonyl (C=O) groups excluding carboxylic acids is 1. The average Bonchev–Trinajstić information content (AvgIpc) is 3.21. The Hall–Kier alpha value is -3.23. The van der Waals surface area contributed by atoms with E-state index in [9.17, 15) is 13.2 Å².